The first-order valence-corrected chi connectivity index (χ1v) is 10.0. The molecule has 1 N–H and O–H groups in total. The highest BCUT2D eigenvalue weighted by Gasteiger charge is 2.16. The average molecular weight is 428 g/mol. The van der Waals surface area contributed by atoms with E-state index in [0.717, 1.165) is 0 Å². The quantitative estimate of drug-likeness (QED) is 0.295. The van der Waals surface area contributed by atoms with Crippen LogP contribution < -0.4 is 5.32 Å². The van der Waals surface area contributed by atoms with Gasteiger partial charge in [0.15, 0.2) is 6.61 Å². The van der Waals surface area contributed by atoms with E-state index in [4.69, 9.17) is 14.0 Å². The summed E-state index contributed by atoms with van der Waals surface area (Å²) in [6, 6.07) is 10.5. The number of ether oxygens (including phenoxy) is 2. The van der Waals surface area contributed by atoms with Crippen molar-refractivity contribution in [2.75, 3.05) is 26.0 Å². The summed E-state index contributed by atoms with van der Waals surface area (Å²) in [6.07, 6.45) is 3.25. The van der Waals surface area contributed by atoms with Crippen LogP contribution >= 0.6 is 11.8 Å². The lowest BCUT2D eigenvalue weighted by molar-refractivity contribution is -0.118. The summed E-state index contributed by atoms with van der Waals surface area (Å²) in [5.41, 5.74) is 1.06. The molecule has 2 aromatic heterocycles. The van der Waals surface area contributed by atoms with Gasteiger partial charge in [0, 0.05) is 36.5 Å². The van der Waals surface area contributed by atoms with Crippen LogP contribution in [0.2, 0.25) is 0 Å². The fourth-order valence-corrected chi connectivity index (χ4v) is 3.25. The number of thioether (sulfide) groups is 1. The molecule has 0 aliphatic carbocycles. The largest absolute Gasteiger partial charge is 0.452 e. The minimum absolute atomic E-state index is 0.144. The SMILES string of the molecule is COCCNC(=O)CSc1ccccc1C(=O)OCc1nc(-c2cccnc2)no1. The second-order valence-corrected chi connectivity index (χ2v) is 6.97. The predicted octanol–water partition coefficient (Wildman–Crippen LogP) is 2.34. The highest BCUT2D eigenvalue weighted by atomic mass is 32.2. The smallest absolute Gasteiger partial charge is 0.339 e. The van der Waals surface area contributed by atoms with E-state index < -0.39 is 5.97 Å². The van der Waals surface area contributed by atoms with Gasteiger partial charge in [-0.25, -0.2) is 4.79 Å². The highest BCUT2D eigenvalue weighted by molar-refractivity contribution is 8.00. The minimum atomic E-state index is -0.543. The molecular weight excluding hydrogens is 408 g/mol. The lowest BCUT2D eigenvalue weighted by Crippen LogP contribution is -2.28. The van der Waals surface area contributed by atoms with Crippen LogP contribution in [0.5, 0.6) is 0 Å². The lowest BCUT2D eigenvalue weighted by atomic mass is 10.2. The van der Waals surface area contributed by atoms with Crippen LogP contribution in [0.25, 0.3) is 11.4 Å². The Kier molecular flexibility index (Phi) is 7.93. The van der Waals surface area contributed by atoms with Crippen molar-refractivity contribution in [3.8, 4) is 11.4 Å². The van der Waals surface area contributed by atoms with Crippen molar-refractivity contribution in [3.05, 3.63) is 60.2 Å². The summed E-state index contributed by atoms with van der Waals surface area (Å²) >= 11 is 1.25. The molecule has 0 radical (unpaired) electrons. The molecule has 0 saturated heterocycles. The molecule has 0 atom stereocenters. The van der Waals surface area contributed by atoms with Gasteiger partial charge in [-0.1, -0.05) is 17.3 Å². The number of pyridine rings is 1. The molecule has 10 heteroatoms. The summed E-state index contributed by atoms with van der Waals surface area (Å²) < 4.78 is 15.3. The summed E-state index contributed by atoms with van der Waals surface area (Å²) in [5.74, 6) is 0.0223. The molecule has 3 aromatic rings. The third kappa shape index (κ3) is 6.13. The van der Waals surface area contributed by atoms with E-state index in [0.29, 0.717) is 35.0 Å². The number of esters is 1. The molecule has 0 unspecified atom stereocenters. The Labute approximate surface area is 177 Å². The van der Waals surface area contributed by atoms with Gasteiger partial charge in [0.25, 0.3) is 5.89 Å². The zero-order valence-electron chi connectivity index (χ0n) is 16.2. The number of nitrogens with zero attached hydrogens (tertiary/aromatic N) is 3. The van der Waals surface area contributed by atoms with Crippen molar-refractivity contribution < 1.29 is 23.6 Å². The van der Waals surface area contributed by atoms with Gasteiger partial charge in [0.1, 0.15) is 0 Å². The molecule has 0 aliphatic rings. The van der Waals surface area contributed by atoms with Crippen LogP contribution in [0.15, 0.2) is 58.2 Å². The number of rotatable bonds is 10. The monoisotopic (exact) mass is 428 g/mol. The van der Waals surface area contributed by atoms with E-state index in [2.05, 4.69) is 20.4 Å². The molecule has 0 spiro atoms. The zero-order valence-corrected chi connectivity index (χ0v) is 17.1. The molecule has 1 amide bonds. The number of amides is 1. The van der Waals surface area contributed by atoms with Crippen molar-refractivity contribution >= 4 is 23.6 Å². The Balaban J connectivity index is 1.56. The van der Waals surface area contributed by atoms with Crippen LogP contribution in [-0.4, -0.2) is 53.0 Å². The Morgan fingerprint density at radius 2 is 2.07 bits per heavy atom. The van der Waals surface area contributed by atoms with Gasteiger partial charge in [-0.2, -0.15) is 4.98 Å². The maximum Gasteiger partial charge on any atom is 0.339 e. The van der Waals surface area contributed by atoms with E-state index >= 15 is 0 Å². The number of methoxy groups -OCH3 is 1. The van der Waals surface area contributed by atoms with Crippen molar-refractivity contribution in [1.29, 1.82) is 0 Å². The Morgan fingerprint density at radius 3 is 2.87 bits per heavy atom. The predicted molar refractivity (Wildman–Crippen MR) is 109 cm³/mol. The van der Waals surface area contributed by atoms with Gasteiger partial charge >= 0.3 is 5.97 Å². The Morgan fingerprint density at radius 1 is 1.20 bits per heavy atom. The first kappa shape index (κ1) is 21.5. The van der Waals surface area contributed by atoms with Crippen LogP contribution in [0.4, 0.5) is 0 Å². The van der Waals surface area contributed by atoms with Crippen molar-refractivity contribution in [2.24, 2.45) is 0 Å². The second-order valence-electron chi connectivity index (χ2n) is 5.96. The third-order valence-corrected chi connectivity index (χ3v) is 4.88. The summed E-state index contributed by atoms with van der Waals surface area (Å²) in [7, 11) is 1.57. The van der Waals surface area contributed by atoms with Crippen LogP contribution in [0.3, 0.4) is 0 Å². The molecule has 2 heterocycles. The molecular formula is C20H20N4O5S. The Hall–Kier alpha value is -3.24. The van der Waals surface area contributed by atoms with Gasteiger partial charge in [-0.3, -0.25) is 9.78 Å². The maximum absolute atomic E-state index is 12.5. The number of carbonyl (C=O) groups is 2. The Bertz CT molecular complexity index is 980. The molecule has 30 heavy (non-hydrogen) atoms. The van der Waals surface area contributed by atoms with Crippen molar-refractivity contribution in [1.82, 2.24) is 20.4 Å². The second kappa shape index (κ2) is 11.1. The molecule has 156 valence electrons. The van der Waals surface area contributed by atoms with Gasteiger partial charge in [0.2, 0.25) is 11.7 Å². The highest BCUT2D eigenvalue weighted by Crippen LogP contribution is 2.23. The molecule has 0 fully saturated rings. The zero-order chi connectivity index (χ0) is 21.2. The first-order chi connectivity index (χ1) is 14.7. The van der Waals surface area contributed by atoms with Crippen LogP contribution in [0, 0.1) is 0 Å². The van der Waals surface area contributed by atoms with Gasteiger partial charge in [-0.15, -0.1) is 11.8 Å². The third-order valence-electron chi connectivity index (χ3n) is 3.81. The molecule has 1 aromatic carbocycles. The molecule has 0 saturated carbocycles. The number of aromatic nitrogens is 3. The first-order valence-electron chi connectivity index (χ1n) is 9.05. The standard InChI is InChI=1S/C20H20N4O5S/c1-27-10-9-22-17(25)13-30-16-7-3-2-6-15(16)20(26)28-12-18-23-19(24-29-18)14-5-4-8-21-11-14/h2-8,11H,9-10,12-13H2,1H3,(H,22,25). The van der Waals surface area contributed by atoms with E-state index in [1.54, 1.807) is 55.9 Å². The minimum Gasteiger partial charge on any atom is -0.452 e. The van der Waals surface area contributed by atoms with E-state index in [9.17, 15) is 9.59 Å². The summed E-state index contributed by atoms with van der Waals surface area (Å²) in [6.45, 7) is 0.713. The number of benzene rings is 1. The van der Waals surface area contributed by atoms with E-state index in [1.807, 2.05) is 0 Å². The normalized spacial score (nSPS) is 10.6. The molecule has 3 rings (SSSR count). The lowest BCUT2D eigenvalue weighted by Gasteiger charge is -2.08. The molecule has 9 nitrogen and oxygen atoms in total. The topological polar surface area (TPSA) is 116 Å². The number of hydrogen-bond acceptors (Lipinski definition) is 9. The number of nitrogens with one attached hydrogen (secondary N) is 1. The summed E-state index contributed by atoms with van der Waals surface area (Å²) in [4.78, 5) is 33.2. The van der Waals surface area contributed by atoms with Crippen LogP contribution in [-0.2, 0) is 20.9 Å². The van der Waals surface area contributed by atoms with Crippen molar-refractivity contribution in [2.45, 2.75) is 11.5 Å². The number of hydrogen-bond donors (Lipinski definition) is 1. The van der Waals surface area contributed by atoms with Gasteiger partial charge in [0.05, 0.1) is 17.9 Å². The molecule has 0 bridgehead atoms. The van der Waals surface area contributed by atoms with Crippen LogP contribution in [0.1, 0.15) is 16.2 Å². The van der Waals surface area contributed by atoms with E-state index in [1.165, 1.54) is 11.8 Å². The average Bonchev–Trinajstić information content (AvgIpc) is 3.26. The number of carbonyl (C=O) groups excluding carboxylic acids is 2. The van der Waals surface area contributed by atoms with Gasteiger partial charge < -0.3 is 19.3 Å². The fourth-order valence-electron chi connectivity index (χ4n) is 2.38. The summed E-state index contributed by atoms with van der Waals surface area (Å²) in [5, 5.41) is 6.59. The van der Waals surface area contributed by atoms with Crippen molar-refractivity contribution in [3.63, 3.8) is 0 Å². The molecule has 0 aliphatic heterocycles. The fraction of sp³-hybridized carbons (Fsp3) is 0.250. The van der Waals surface area contributed by atoms with Gasteiger partial charge in [-0.05, 0) is 24.3 Å². The maximum atomic E-state index is 12.5. The van der Waals surface area contributed by atoms with E-state index in [-0.39, 0.29) is 24.2 Å².